The van der Waals surface area contributed by atoms with Crippen LogP contribution in [0.2, 0.25) is 0 Å². The lowest BCUT2D eigenvalue weighted by Gasteiger charge is -2.18. The lowest BCUT2D eigenvalue weighted by molar-refractivity contribution is -0.141. The average Bonchev–Trinajstić information content (AvgIpc) is 2.96. The van der Waals surface area contributed by atoms with E-state index in [0.717, 1.165) is 28.9 Å². The number of hydrogen-bond acceptors (Lipinski definition) is 3. The van der Waals surface area contributed by atoms with E-state index < -0.39 is 11.9 Å². The molecule has 4 aromatic rings. The molecular weight excluding hydrogens is 470 g/mol. The summed E-state index contributed by atoms with van der Waals surface area (Å²) in [5.74, 6) is -1.71. The molecule has 0 aliphatic rings. The molecule has 2 N–H and O–H groups in total. The van der Waals surface area contributed by atoms with Gasteiger partial charge in [0.15, 0.2) is 5.78 Å². The van der Waals surface area contributed by atoms with Crippen LogP contribution in [0.15, 0.2) is 121 Å². The molecule has 0 saturated heterocycles. The van der Waals surface area contributed by atoms with Crippen molar-refractivity contribution in [2.75, 3.05) is 0 Å². The minimum absolute atomic E-state index is 0.0294. The fourth-order valence-electron chi connectivity index (χ4n) is 4.47. The van der Waals surface area contributed by atoms with Crippen molar-refractivity contribution in [1.82, 2.24) is 5.32 Å². The van der Waals surface area contributed by atoms with Gasteiger partial charge in [0.05, 0.1) is 5.92 Å². The number of benzene rings is 4. The van der Waals surface area contributed by atoms with E-state index in [4.69, 9.17) is 0 Å². The Kier molecular flexibility index (Phi) is 8.89. The zero-order chi connectivity index (χ0) is 26.9. The van der Waals surface area contributed by atoms with E-state index in [1.807, 2.05) is 60.7 Å². The molecule has 4 nitrogen and oxygen atoms in total. The summed E-state index contributed by atoms with van der Waals surface area (Å²) in [6, 6.07) is 35.4. The molecule has 0 spiro atoms. The molecule has 2 unspecified atom stereocenters. The summed E-state index contributed by atoms with van der Waals surface area (Å²) in [5.41, 5.74) is 6.85. The summed E-state index contributed by atoms with van der Waals surface area (Å²) < 4.78 is 0. The van der Waals surface area contributed by atoms with E-state index in [1.54, 1.807) is 12.1 Å². The van der Waals surface area contributed by atoms with Gasteiger partial charge in [-0.25, -0.2) is 0 Å². The first-order valence-electron chi connectivity index (χ1n) is 12.9. The van der Waals surface area contributed by atoms with E-state index >= 15 is 0 Å². The first-order valence-corrected chi connectivity index (χ1v) is 12.9. The van der Waals surface area contributed by atoms with Crippen LogP contribution < -0.4 is 5.32 Å². The fourth-order valence-corrected chi connectivity index (χ4v) is 4.47. The third-order valence-electron chi connectivity index (χ3n) is 6.94. The number of carbonyl (C=O) groups excluding carboxylic acids is 1. The zero-order valence-corrected chi connectivity index (χ0v) is 21.6. The molecule has 192 valence electrons. The van der Waals surface area contributed by atoms with Gasteiger partial charge in [-0.3, -0.25) is 9.59 Å². The Balaban J connectivity index is 1.36. The van der Waals surface area contributed by atoms with E-state index in [1.165, 1.54) is 11.1 Å². The third-order valence-corrected chi connectivity index (χ3v) is 6.94. The molecule has 4 heteroatoms. The van der Waals surface area contributed by atoms with Crippen LogP contribution in [0, 0.1) is 5.92 Å². The summed E-state index contributed by atoms with van der Waals surface area (Å²) >= 11 is 0. The summed E-state index contributed by atoms with van der Waals surface area (Å²) in [5, 5.41) is 13.1. The standard InChI is InChI=1S/C34H33NO3/c1-24(25(2)35-23-27-11-7-4-8-12-27)28-13-15-29(16-14-28)30-17-19-31(20-18-30)33(36)22-32(34(37)38)21-26-9-5-3-6-10-26/h3-20,24,32,35H,2,21-23H2,1H3,(H,37,38). The molecule has 0 saturated carbocycles. The van der Waals surface area contributed by atoms with Crippen LogP contribution in [0.25, 0.3) is 11.1 Å². The maximum atomic E-state index is 12.8. The highest BCUT2D eigenvalue weighted by Gasteiger charge is 2.22. The molecule has 2 atom stereocenters. The normalized spacial score (nSPS) is 12.3. The van der Waals surface area contributed by atoms with Gasteiger partial charge >= 0.3 is 5.97 Å². The summed E-state index contributed by atoms with van der Waals surface area (Å²) in [4.78, 5) is 24.6. The van der Waals surface area contributed by atoms with Gasteiger partial charge in [-0.05, 0) is 34.2 Å². The highest BCUT2D eigenvalue weighted by atomic mass is 16.4. The van der Waals surface area contributed by atoms with Crippen molar-refractivity contribution in [2.24, 2.45) is 5.92 Å². The van der Waals surface area contributed by atoms with Gasteiger partial charge < -0.3 is 10.4 Å². The van der Waals surface area contributed by atoms with Crippen LogP contribution in [0.4, 0.5) is 0 Å². The van der Waals surface area contributed by atoms with Crippen molar-refractivity contribution < 1.29 is 14.7 Å². The second-order valence-corrected chi connectivity index (χ2v) is 9.64. The number of carboxylic acids is 1. The lowest BCUT2D eigenvalue weighted by Crippen LogP contribution is -2.20. The van der Waals surface area contributed by atoms with Crippen LogP contribution in [-0.2, 0) is 17.8 Å². The number of carbonyl (C=O) groups is 2. The SMILES string of the molecule is C=C(NCc1ccccc1)C(C)c1ccc(-c2ccc(C(=O)CC(Cc3ccccc3)C(=O)O)cc2)cc1. The van der Waals surface area contributed by atoms with Crippen molar-refractivity contribution in [3.05, 3.63) is 144 Å². The highest BCUT2D eigenvalue weighted by molar-refractivity contribution is 5.98. The number of nitrogens with one attached hydrogen (secondary N) is 1. The average molecular weight is 504 g/mol. The predicted octanol–water partition coefficient (Wildman–Crippen LogP) is 7.28. The van der Waals surface area contributed by atoms with Gasteiger partial charge in [-0.1, -0.05) is 123 Å². The maximum Gasteiger partial charge on any atom is 0.307 e. The molecule has 0 aromatic heterocycles. The van der Waals surface area contributed by atoms with E-state index in [9.17, 15) is 14.7 Å². The van der Waals surface area contributed by atoms with Crippen molar-refractivity contribution in [2.45, 2.75) is 32.2 Å². The Labute approximate surface area is 224 Å². The Morgan fingerprint density at radius 1 is 0.763 bits per heavy atom. The van der Waals surface area contributed by atoms with Gasteiger partial charge in [0.1, 0.15) is 0 Å². The van der Waals surface area contributed by atoms with Crippen LogP contribution in [0.5, 0.6) is 0 Å². The van der Waals surface area contributed by atoms with E-state index in [-0.39, 0.29) is 18.1 Å². The van der Waals surface area contributed by atoms with E-state index in [2.05, 4.69) is 55.2 Å². The first kappa shape index (κ1) is 26.6. The molecular formula is C34H33NO3. The van der Waals surface area contributed by atoms with Crippen molar-refractivity contribution in [3.8, 4) is 11.1 Å². The molecule has 38 heavy (non-hydrogen) atoms. The topological polar surface area (TPSA) is 66.4 Å². The van der Waals surface area contributed by atoms with Gasteiger partial charge in [0.2, 0.25) is 0 Å². The molecule has 0 fully saturated rings. The van der Waals surface area contributed by atoms with Crippen LogP contribution in [0.3, 0.4) is 0 Å². The monoisotopic (exact) mass is 503 g/mol. The zero-order valence-electron chi connectivity index (χ0n) is 21.6. The number of carboxylic acid groups (broad SMARTS) is 1. The smallest absolute Gasteiger partial charge is 0.307 e. The molecule has 4 rings (SSSR count). The quantitative estimate of drug-likeness (QED) is 0.199. The minimum atomic E-state index is -0.953. The summed E-state index contributed by atoms with van der Waals surface area (Å²) in [7, 11) is 0. The molecule has 0 heterocycles. The van der Waals surface area contributed by atoms with Crippen LogP contribution in [-0.4, -0.2) is 16.9 Å². The lowest BCUT2D eigenvalue weighted by atomic mass is 9.91. The minimum Gasteiger partial charge on any atom is -0.481 e. The number of rotatable bonds is 12. The molecule has 0 amide bonds. The summed E-state index contributed by atoms with van der Waals surface area (Å²) in [6.45, 7) is 7.11. The van der Waals surface area contributed by atoms with Gasteiger partial charge in [-0.15, -0.1) is 0 Å². The number of hydrogen-bond donors (Lipinski definition) is 2. The van der Waals surface area contributed by atoms with Crippen molar-refractivity contribution in [3.63, 3.8) is 0 Å². The van der Waals surface area contributed by atoms with Gasteiger partial charge in [0, 0.05) is 30.1 Å². The number of allylic oxidation sites excluding steroid dienone is 1. The second-order valence-electron chi connectivity index (χ2n) is 9.64. The largest absolute Gasteiger partial charge is 0.481 e. The Bertz CT molecular complexity index is 1360. The fraction of sp³-hybridized carbons (Fsp3) is 0.176. The molecule has 4 aromatic carbocycles. The maximum absolute atomic E-state index is 12.8. The Morgan fingerprint density at radius 3 is 1.84 bits per heavy atom. The van der Waals surface area contributed by atoms with Crippen LogP contribution >= 0.6 is 0 Å². The van der Waals surface area contributed by atoms with Crippen LogP contribution in [0.1, 0.15) is 46.3 Å². The molecule has 0 aliphatic carbocycles. The number of Topliss-reactive ketones (excluding diaryl/α,β-unsaturated/α-hetero) is 1. The first-order chi connectivity index (χ1) is 18.4. The summed E-state index contributed by atoms with van der Waals surface area (Å²) in [6.07, 6.45) is 0.303. The van der Waals surface area contributed by atoms with Crippen molar-refractivity contribution in [1.29, 1.82) is 0 Å². The Morgan fingerprint density at radius 2 is 1.29 bits per heavy atom. The number of aliphatic carboxylic acids is 1. The molecule has 0 bridgehead atoms. The van der Waals surface area contributed by atoms with Gasteiger partial charge in [0.25, 0.3) is 0 Å². The molecule has 0 aliphatic heterocycles. The second kappa shape index (κ2) is 12.7. The van der Waals surface area contributed by atoms with Gasteiger partial charge in [-0.2, -0.15) is 0 Å². The van der Waals surface area contributed by atoms with E-state index in [0.29, 0.717) is 12.0 Å². The number of ketones is 1. The third kappa shape index (κ3) is 7.07. The van der Waals surface area contributed by atoms with Crippen molar-refractivity contribution >= 4 is 11.8 Å². The molecule has 0 radical (unpaired) electrons. The Hall–Kier alpha value is -4.44. The highest BCUT2D eigenvalue weighted by Crippen LogP contribution is 2.26. The predicted molar refractivity (Wildman–Crippen MR) is 153 cm³/mol.